The molecule has 1 fully saturated rings. The predicted octanol–water partition coefficient (Wildman–Crippen LogP) is 1.84. The number of piperidine rings is 1. The molecule has 0 aliphatic carbocycles. The summed E-state index contributed by atoms with van der Waals surface area (Å²) in [5, 5.41) is 0. The lowest BCUT2D eigenvalue weighted by Gasteiger charge is -2.45. The largest absolute Gasteiger partial charge is 0.319 e. The predicted molar refractivity (Wildman–Crippen MR) is 53.5 cm³/mol. The van der Waals surface area contributed by atoms with Crippen LogP contribution in [0.2, 0.25) is 0 Å². The van der Waals surface area contributed by atoms with Crippen LogP contribution in [0.4, 0.5) is 8.78 Å². The number of rotatable bonds is 1. The van der Waals surface area contributed by atoms with Crippen molar-refractivity contribution in [2.24, 2.45) is 5.73 Å². The molecule has 1 aliphatic heterocycles. The zero-order valence-corrected chi connectivity index (χ0v) is 9.19. The second kappa shape index (κ2) is 3.74. The molecule has 1 rings (SSSR count). The Morgan fingerprint density at radius 2 is 1.93 bits per heavy atom. The summed E-state index contributed by atoms with van der Waals surface area (Å²) in [6, 6.07) is 0. The van der Waals surface area contributed by atoms with E-state index >= 15 is 0 Å². The number of hydrogen-bond donors (Lipinski definition) is 1. The Balaban J connectivity index is 2.69. The molecule has 0 radical (unpaired) electrons. The molecule has 1 aliphatic rings. The molecular formula is C10H20F2N2. The summed E-state index contributed by atoms with van der Waals surface area (Å²) >= 11 is 0. The molecule has 0 aromatic carbocycles. The molecule has 1 unspecified atom stereocenters. The van der Waals surface area contributed by atoms with E-state index in [-0.39, 0.29) is 5.54 Å². The molecule has 84 valence electrons. The average Bonchev–Trinajstić information content (AvgIpc) is 2.02. The van der Waals surface area contributed by atoms with Crippen LogP contribution in [0.15, 0.2) is 0 Å². The van der Waals surface area contributed by atoms with Crippen LogP contribution >= 0.6 is 0 Å². The van der Waals surface area contributed by atoms with Crippen molar-refractivity contribution in [1.82, 2.24) is 4.90 Å². The summed E-state index contributed by atoms with van der Waals surface area (Å²) in [5.74, 6) is 0. The van der Waals surface area contributed by atoms with Crippen LogP contribution in [0, 0.1) is 0 Å². The molecule has 0 aromatic rings. The molecular weight excluding hydrogens is 186 g/mol. The van der Waals surface area contributed by atoms with Gasteiger partial charge in [0.25, 0.3) is 6.43 Å². The van der Waals surface area contributed by atoms with E-state index in [0.29, 0.717) is 13.0 Å². The van der Waals surface area contributed by atoms with Gasteiger partial charge in [-0.2, -0.15) is 0 Å². The van der Waals surface area contributed by atoms with E-state index in [1.807, 2.05) is 25.7 Å². The van der Waals surface area contributed by atoms with Crippen molar-refractivity contribution < 1.29 is 8.78 Å². The van der Waals surface area contributed by atoms with E-state index in [9.17, 15) is 8.78 Å². The van der Waals surface area contributed by atoms with E-state index in [1.54, 1.807) is 0 Å². The maximum absolute atomic E-state index is 12.7. The molecule has 1 atom stereocenters. The van der Waals surface area contributed by atoms with Crippen molar-refractivity contribution in [3.63, 3.8) is 0 Å². The second-order valence-corrected chi connectivity index (χ2v) is 5.23. The van der Waals surface area contributed by atoms with E-state index in [1.165, 1.54) is 0 Å². The fourth-order valence-electron chi connectivity index (χ4n) is 1.86. The molecule has 1 saturated heterocycles. The normalized spacial score (nSPS) is 31.1. The Morgan fingerprint density at radius 1 is 1.36 bits per heavy atom. The third-order valence-corrected chi connectivity index (χ3v) is 2.94. The Bertz CT molecular complexity index is 201. The van der Waals surface area contributed by atoms with Crippen LogP contribution in [0.1, 0.15) is 33.6 Å². The fourth-order valence-corrected chi connectivity index (χ4v) is 1.86. The summed E-state index contributed by atoms with van der Waals surface area (Å²) in [6.45, 7) is 7.27. The van der Waals surface area contributed by atoms with E-state index in [4.69, 9.17) is 5.73 Å². The van der Waals surface area contributed by atoms with Crippen LogP contribution in [-0.2, 0) is 0 Å². The van der Waals surface area contributed by atoms with Gasteiger partial charge in [0.15, 0.2) is 0 Å². The monoisotopic (exact) mass is 206 g/mol. The summed E-state index contributed by atoms with van der Waals surface area (Å²) in [7, 11) is 0. The highest BCUT2D eigenvalue weighted by Crippen LogP contribution is 2.29. The third kappa shape index (κ3) is 2.42. The van der Waals surface area contributed by atoms with Crippen LogP contribution in [-0.4, -0.2) is 35.5 Å². The van der Waals surface area contributed by atoms with Gasteiger partial charge in [0.2, 0.25) is 0 Å². The van der Waals surface area contributed by atoms with E-state index in [0.717, 1.165) is 13.0 Å². The first-order chi connectivity index (χ1) is 6.26. The molecule has 2 N–H and O–H groups in total. The standard InChI is InChI=1S/C10H20F2N2/c1-9(2,3)14-6-4-5-10(13,7-14)8(11)12/h8H,4-7,13H2,1-3H3. The van der Waals surface area contributed by atoms with Crippen molar-refractivity contribution in [3.05, 3.63) is 0 Å². The molecule has 0 saturated carbocycles. The first kappa shape index (κ1) is 11.9. The van der Waals surface area contributed by atoms with Crippen molar-refractivity contribution in [3.8, 4) is 0 Å². The Morgan fingerprint density at radius 3 is 2.36 bits per heavy atom. The summed E-state index contributed by atoms with van der Waals surface area (Å²) in [5.41, 5.74) is 4.33. The van der Waals surface area contributed by atoms with Crippen LogP contribution < -0.4 is 5.73 Å². The van der Waals surface area contributed by atoms with E-state index < -0.39 is 12.0 Å². The minimum atomic E-state index is -2.42. The molecule has 0 spiro atoms. The molecule has 14 heavy (non-hydrogen) atoms. The summed E-state index contributed by atoms with van der Waals surface area (Å²) < 4.78 is 25.4. The fraction of sp³-hybridized carbons (Fsp3) is 1.00. The van der Waals surface area contributed by atoms with Crippen molar-refractivity contribution >= 4 is 0 Å². The van der Waals surface area contributed by atoms with Crippen molar-refractivity contribution in [2.45, 2.75) is 51.1 Å². The summed E-state index contributed by atoms with van der Waals surface area (Å²) in [4.78, 5) is 2.04. The Kier molecular flexibility index (Phi) is 3.17. The third-order valence-electron chi connectivity index (χ3n) is 2.94. The first-order valence-corrected chi connectivity index (χ1v) is 5.08. The lowest BCUT2D eigenvalue weighted by atomic mass is 9.88. The number of nitrogens with zero attached hydrogens (tertiary/aromatic N) is 1. The van der Waals surface area contributed by atoms with E-state index in [2.05, 4.69) is 0 Å². The van der Waals surface area contributed by atoms with Crippen LogP contribution in [0.3, 0.4) is 0 Å². The van der Waals surface area contributed by atoms with Crippen LogP contribution in [0.5, 0.6) is 0 Å². The summed E-state index contributed by atoms with van der Waals surface area (Å²) in [6.07, 6.45) is -1.23. The molecule has 0 amide bonds. The highest BCUT2D eigenvalue weighted by Gasteiger charge is 2.42. The number of likely N-dealkylation sites (tertiary alicyclic amines) is 1. The molecule has 2 nitrogen and oxygen atoms in total. The molecule has 0 bridgehead atoms. The Hall–Kier alpha value is -0.220. The molecule has 0 aromatic heterocycles. The number of halogens is 2. The van der Waals surface area contributed by atoms with Gasteiger partial charge in [-0.05, 0) is 40.2 Å². The van der Waals surface area contributed by atoms with Crippen molar-refractivity contribution in [1.29, 1.82) is 0 Å². The van der Waals surface area contributed by atoms with Gasteiger partial charge in [-0.3, -0.25) is 4.90 Å². The second-order valence-electron chi connectivity index (χ2n) is 5.23. The minimum absolute atomic E-state index is 0.0695. The van der Waals surface area contributed by atoms with Gasteiger partial charge in [0.1, 0.15) is 0 Å². The number of nitrogens with two attached hydrogens (primary N) is 1. The average molecular weight is 206 g/mol. The SMILES string of the molecule is CC(C)(C)N1CCCC(N)(C(F)F)C1. The van der Waals surface area contributed by atoms with Gasteiger partial charge in [0.05, 0.1) is 5.54 Å². The molecule has 1 heterocycles. The highest BCUT2D eigenvalue weighted by molar-refractivity contribution is 4.96. The smallest absolute Gasteiger partial charge is 0.257 e. The maximum Gasteiger partial charge on any atom is 0.257 e. The maximum atomic E-state index is 12.7. The Labute approximate surface area is 84.4 Å². The lowest BCUT2D eigenvalue weighted by Crippen LogP contribution is -2.62. The first-order valence-electron chi connectivity index (χ1n) is 5.08. The quantitative estimate of drug-likeness (QED) is 0.709. The lowest BCUT2D eigenvalue weighted by molar-refractivity contribution is -0.0209. The van der Waals surface area contributed by atoms with Gasteiger partial charge in [-0.1, -0.05) is 0 Å². The van der Waals surface area contributed by atoms with Gasteiger partial charge in [-0.25, -0.2) is 8.78 Å². The highest BCUT2D eigenvalue weighted by atomic mass is 19.3. The zero-order chi connectivity index (χ0) is 11.0. The van der Waals surface area contributed by atoms with Gasteiger partial charge < -0.3 is 5.73 Å². The van der Waals surface area contributed by atoms with Gasteiger partial charge >= 0.3 is 0 Å². The van der Waals surface area contributed by atoms with Gasteiger partial charge in [0, 0.05) is 12.1 Å². The zero-order valence-electron chi connectivity index (χ0n) is 9.19. The topological polar surface area (TPSA) is 29.3 Å². The van der Waals surface area contributed by atoms with Crippen LogP contribution in [0.25, 0.3) is 0 Å². The number of alkyl halides is 2. The van der Waals surface area contributed by atoms with Gasteiger partial charge in [-0.15, -0.1) is 0 Å². The molecule has 4 heteroatoms. The number of hydrogen-bond acceptors (Lipinski definition) is 2. The van der Waals surface area contributed by atoms with Crippen molar-refractivity contribution in [2.75, 3.05) is 13.1 Å². The minimum Gasteiger partial charge on any atom is -0.319 e.